The van der Waals surface area contributed by atoms with Gasteiger partial charge in [-0.05, 0) is 18.8 Å². The summed E-state index contributed by atoms with van der Waals surface area (Å²) in [7, 11) is 1.40. The van der Waals surface area contributed by atoms with Gasteiger partial charge in [0.2, 0.25) is 0 Å². The second-order valence-electron chi connectivity index (χ2n) is 3.16. The second-order valence-corrected chi connectivity index (χ2v) is 7.20. The highest BCUT2D eigenvalue weighted by Crippen LogP contribution is 2.42. The summed E-state index contributed by atoms with van der Waals surface area (Å²) in [6.07, 6.45) is 10.6. The Hall–Kier alpha value is -0.440. The molecular weight excluding hydrogens is 144 g/mol. The second kappa shape index (κ2) is 2.31. The Morgan fingerprint density at radius 2 is 2.00 bits per heavy atom. The van der Waals surface area contributed by atoms with Gasteiger partial charge in [-0.3, -0.25) is 0 Å². The Morgan fingerprint density at radius 1 is 1.40 bits per heavy atom. The fourth-order valence-corrected chi connectivity index (χ4v) is 2.24. The monoisotopic (exact) mass is 158 g/mol. The van der Waals surface area contributed by atoms with Crippen molar-refractivity contribution in [1.82, 2.24) is 9.55 Å². The van der Waals surface area contributed by atoms with Gasteiger partial charge in [0.25, 0.3) is 0 Å². The van der Waals surface area contributed by atoms with E-state index in [9.17, 15) is 0 Å². The molecule has 0 saturated heterocycles. The lowest BCUT2D eigenvalue weighted by Gasteiger charge is -2.23. The average molecular weight is 158 g/mol. The van der Waals surface area contributed by atoms with Gasteiger partial charge >= 0.3 is 0 Å². The lowest BCUT2D eigenvalue weighted by molar-refractivity contribution is 0.785. The lowest BCUT2D eigenvalue weighted by Crippen LogP contribution is -2.01. The zero-order valence-electron chi connectivity index (χ0n) is 6.96. The number of hydrogen-bond acceptors (Lipinski definition) is 1. The minimum atomic E-state index is -0.638. The Bertz CT molecular complexity index is 222. The van der Waals surface area contributed by atoms with Gasteiger partial charge < -0.3 is 4.57 Å². The highest BCUT2D eigenvalue weighted by molar-refractivity contribution is 8.32. The third-order valence-electron chi connectivity index (χ3n) is 1.32. The van der Waals surface area contributed by atoms with E-state index in [0.717, 1.165) is 0 Å². The molecule has 0 fully saturated rings. The molecule has 3 heteroatoms. The third kappa shape index (κ3) is 1.34. The van der Waals surface area contributed by atoms with Crippen LogP contribution in [0.1, 0.15) is 0 Å². The maximum atomic E-state index is 4.29. The fourth-order valence-electron chi connectivity index (χ4n) is 0.942. The fraction of sp³-hybridized carbons (Fsp3) is 0.571. The van der Waals surface area contributed by atoms with Gasteiger partial charge in [-0.1, -0.05) is 0 Å². The van der Waals surface area contributed by atoms with Crippen molar-refractivity contribution in [3.63, 3.8) is 0 Å². The standard InChI is InChI=1S/C7H14N2S/c1-9-6-5-8-7(9)10(2,3)4/h5-6H,1-4H3. The van der Waals surface area contributed by atoms with Crippen LogP contribution >= 0.6 is 10.0 Å². The molecule has 1 heterocycles. The van der Waals surface area contributed by atoms with Gasteiger partial charge in [0.1, 0.15) is 5.16 Å². The molecule has 0 spiro atoms. The van der Waals surface area contributed by atoms with Crippen LogP contribution in [0.2, 0.25) is 0 Å². The van der Waals surface area contributed by atoms with Crippen LogP contribution in [0.5, 0.6) is 0 Å². The van der Waals surface area contributed by atoms with Crippen molar-refractivity contribution in [1.29, 1.82) is 0 Å². The lowest BCUT2D eigenvalue weighted by atomic mass is 10.9. The minimum absolute atomic E-state index is 0.638. The van der Waals surface area contributed by atoms with E-state index in [1.54, 1.807) is 0 Å². The molecule has 0 bridgehead atoms. The van der Waals surface area contributed by atoms with Crippen molar-refractivity contribution in [3.05, 3.63) is 12.4 Å². The van der Waals surface area contributed by atoms with Gasteiger partial charge in [-0.2, -0.15) is 10.0 Å². The molecule has 0 amide bonds. The molecule has 1 rings (SSSR count). The van der Waals surface area contributed by atoms with Crippen LogP contribution in [0.15, 0.2) is 17.6 Å². The molecule has 0 unspecified atom stereocenters. The number of hydrogen-bond donors (Lipinski definition) is 0. The van der Waals surface area contributed by atoms with E-state index < -0.39 is 10.0 Å². The topological polar surface area (TPSA) is 17.8 Å². The van der Waals surface area contributed by atoms with E-state index in [4.69, 9.17) is 0 Å². The van der Waals surface area contributed by atoms with E-state index in [1.807, 2.05) is 19.4 Å². The van der Waals surface area contributed by atoms with E-state index in [0.29, 0.717) is 0 Å². The first-order valence-electron chi connectivity index (χ1n) is 3.17. The molecule has 0 aromatic carbocycles. The van der Waals surface area contributed by atoms with Crippen molar-refractivity contribution in [2.75, 3.05) is 18.8 Å². The summed E-state index contributed by atoms with van der Waals surface area (Å²) in [5.74, 6) is 0. The van der Waals surface area contributed by atoms with Crippen molar-refractivity contribution < 1.29 is 0 Å². The van der Waals surface area contributed by atoms with Crippen LogP contribution in [0.3, 0.4) is 0 Å². The van der Waals surface area contributed by atoms with Crippen LogP contribution in [0, 0.1) is 0 Å². The minimum Gasteiger partial charge on any atom is -0.330 e. The molecule has 0 aliphatic heterocycles. The van der Waals surface area contributed by atoms with Crippen molar-refractivity contribution in [2.45, 2.75) is 5.16 Å². The van der Waals surface area contributed by atoms with Crippen LogP contribution in [0.25, 0.3) is 0 Å². The van der Waals surface area contributed by atoms with Gasteiger partial charge in [0, 0.05) is 19.4 Å². The first-order valence-corrected chi connectivity index (χ1v) is 6.03. The highest BCUT2D eigenvalue weighted by atomic mass is 32.3. The summed E-state index contributed by atoms with van der Waals surface area (Å²) in [6.45, 7) is 0. The molecule has 0 N–H and O–H groups in total. The summed E-state index contributed by atoms with van der Waals surface area (Å²) in [5, 5.41) is 1.22. The summed E-state index contributed by atoms with van der Waals surface area (Å²) < 4.78 is 2.09. The Labute approximate surface area is 63.6 Å². The number of rotatable bonds is 1. The first-order chi connectivity index (χ1) is 4.52. The zero-order chi connectivity index (χ0) is 7.78. The van der Waals surface area contributed by atoms with Crippen LogP contribution in [-0.4, -0.2) is 28.3 Å². The zero-order valence-corrected chi connectivity index (χ0v) is 7.77. The van der Waals surface area contributed by atoms with E-state index >= 15 is 0 Å². The predicted molar refractivity (Wildman–Crippen MR) is 46.8 cm³/mol. The predicted octanol–water partition coefficient (Wildman–Crippen LogP) is 1.47. The Balaban J connectivity index is 3.05. The van der Waals surface area contributed by atoms with E-state index in [1.165, 1.54) is 5.16 Å². The molecular formula is C7H14N2S. The quantitative estimate of drug-likeness (QED) is 0.605. The van der Waals surface area contributed by atoms with Crippen molar-refractivity contribution >= 4 is 10.0 Å². The van der Waals surface area contributed by atoms with E-state index in [2.05, 4.69) is 28.3 Å². The largest absolute Gasteiger partial charge is 0.330 e. The number of nitrogens with zero attached hydrogens (tertiary/aromatic N) is 2. The number of aromatic nitrogens is 2. The SMILES string of the molecule is Cn1ccnc1S(C)(C)C. The third-order valence-corrected chi connectivity index (χ3v) is 2.81. The molecule has 0 saturated carbocycles. The maximum Gasteiger partial charge on any atom is 0.149 e. The first kappa shape index (κ1) is 7.66. The molecule has 1 aromatic heterocycles. The Morgan fingerprint density at radius 3 is 2.20 bits per heavy atom. The van der Waals surface area contributed by atoms with Crippen molar-refractivity contribution in [2.24, 2.45) is 7.05 Å². The normalized spacial score (nSPS) is 13.6. The molecule has 0 aliphatic rings. The van der Waals surface area contributed by atoms with Gasteiger partial charge in [-0.25, -0.2) is 4.98 Å². The highest BCUT2D eigenvalue weighted by Gasteiger charge is 2.11. The summed E-state index contributed by atoms with van der Waals surface area (Å²) in [5.41, 5.74) is 0. The number of imidazole rings is 1. The smallest absolute Gasteiger partial charge is 0.149 e. The summed E-state index contributed by atoms with van der Waals surface area (Å²) in [4.78, 5) is 4.29. The van der Waals surface area contributed by atoms with E-state index in [-0.39, 0.29) is 0 Å². The molecule has 10 heavy (non-hydrogen) atoms. The average Bonchev–Trinajstić information content (AvgIpc) is 2.11. The summed E-state index contributed by atoms with van der Waals surface area (Å²) >= 11 is 0. The maximum absolute atomic E-state index is 4.29. The Kier molecular flexibility index (Phi) is 1.77. The molecule has 1 aromatic rings. The van der Waals surface area contributed by atoms with Crippen LogP contribution < -0.4 is 0 Å². The van der Waals surface area contributed by atoms with Crippen LogP contribution in [0.4, 0.5) is 0 Å². The number of aryl methyl sites for hydroxylation is 1. The van der Waals surface area contributed by atoms with Gasteiger partial charge in [0.05, 0.1) is 0 Å². The molecule has 0 atom stereocenters. The molecule has 0 radical (unpaired) electrons. The molecule has 0 aliphatic carbocycles. The summed E-state index contributed by atoms with van der Waals surface area (Å²) in [6, 6.07) is 0. The molecule has 58 valence electrons. The molecule has 2 nitrogen and oxygen atoms in total. The van der Waals surface area contributed by atoms with Crippen molar-refractivity contribution in [3.8, 4) is 0 Å². The van der Waals surface area contributed by atoms with Gasteiger partial charge in [0.15, 0.2) is 0 Å². The van der Waals surface area contributed by atoms with Gasteiger partial charge in [-0.15, -0.1) is 0 Å². The van der Waals surface area contributed by atoms with Crippen LogP contribution in [-0.2, 0) is 7.05 Å².